The van der Waals surface area contributed by atoms with Gasteiger partial charge >= 0.3 is 0 Å². The summed E-state index contributed by atoms with van der Waals surface area (Å²) in [6, 6.07) is 16.5. The third-order valence-corrected chi connectivity index (χ3v) is 7.73. The predicted octanol–water partition coefficient (Wildman–Crippen LogP) is 4.89. The van der Waals surface area contributed by atoms with Gasteiger partial charge in [-0.3, -0.25) is 9.59 Å². The molecule has 2 aliphatic heterocycles. The Labute approximate surface area is 200 Å². The molecule has 0 bridgehead atoms. The number of fused-ring (bicyclic) bond motifs is 1. The minimum Gasteiger partial charge on any atom is -0.301 e. The van der Waals surface area contributed by atoms with Crippen LogP contribution in [0.4, 0.5) is 4.39 Å². The van der Waals surface area contributed by atoms with Gasteiger partial charge in [0, 0.05) is 36.1 Å². The molecular formula is C28H32FN3O2. The molecule has 0 spiro atoms. The van der Waals surface area contributed by atoms with Crippen LogP contribution in [-0.4, -0.2) is 53.5 Å². The number of benzene rings is 2. The summed E-state index contributed by atoms with van der Waals surface area (Å²) in [5.74, 6) is 0.689. The van der Waals surface area contributed by atoms with Crippen LogP contribution in [0.1, 0.15) is 60.4 Å². The number of carbonyl (C=O) groups is 2. The standard InChI is InChI=1S/C28H32FN3O2/c29-25-9-6-21(7-10-25)28(34)22-12-14-31(15-13-22)16-17-32-27(33)19-24-18-23(8-11-26(24)30-32)20-4-2-1-3-5-20/h1-7,9-10,22-24H,8,11-19H2. The van der Waals surface area contributed by atoms with Gasteiger partial charge in [0.15, 0.2) is 5.78 Å². The lowest BCUT2D eigenvalue weighted by Crippen LogP contribution is -2.44. The Hall–Kier alpha value is -2.86. The van der Waals surface area contributed by atoms with E-state index in [1.807, 2.05) is 6.07 Å². The maximum absolute atomic E-state index is 13.1. The van der Waals surface area contributed by atoms with E-state index < -0.39 is 0 Å². The average molecular weight is 462 g/mol. The van der Waals surface area contributed by atoms with Crippen molar-refractivity contribution in [3.8, 4) is 0 Å². The minimum atomic E-state index is -0.322. The smallest absolute Gasteiger partial charge is 0.243 e. The van der Waals surface area contributed by atoms with E-state index in [9.17, 15) is 14.0 Å². The summed E-state index contributed by atoms with van der Waals surface area (Å²) in [7, 11) is 0. The third kappa shape index (κ3) is 5.12. The van der Waals surface area contributed by atoms with Gasteiger partial charge in [-0.25, -0.2) is 9.40 Å². The maximum Gasteiger partial charge on any atom is 0.243 e. The molecule has 0 radical (unpaired) electrons. The molecule has 0 aromatic heterocycles. The molecule has 6 heteroatoms. The van der Waals surface area contributed by atoms with E-state index >= 15 is 0 Å². The second-order valence-corrected chi connectivity index (χ2v) is 9.88. The number of halogens is 1. The van der Waals surface area contributed by atoms with Gasteiger partial charge in [0.2, 0.25) is 5.91 Å². The number of hydrogen-bond acceptors (Lipinski definition) is 4. The second kappa shape index (κ2) is 10.2. The summed E-state index contributed by atoms with van der Waals surface area (Å²) in [6.07, 6.45) is 5.22. The Kier molecular flexibility index (Phi) is 6.86. The van der Waals surface area contributed by atoms with Crippen LogP contribution < -0.4 is 0 Å². The van der Waals surface area contributed by atoms with Crippen LogP contribution >= 0.6 is 0 Å². The number of piperidine rings is 1. The highest BCUT2D eigenvalue weighted by molar-refractivity contribution is 5.98. The van der Waals surface area contributed by atoms with Gasteiger partial charge in [0.25, 0.3) is 0 Å². The van der Waals surface area contributed by atoms with Crippen molar-refractivity contribution in [3.05, 3.63) is 71.5 Å². The summed E-state index contributed by atoms with van der Waals surface area (Å²) >= 11 is 0. The molecule has 2 aromatic rings. The number of amides is 1. The molecule has 2 unspecified atom stereocenters. The summed E-state index contributed by atoms with van der Waals surface area (Å²) in [6.45, 7) is 3.04. The Morgan fingerprint density at radius 2 is 1.68 bits per heavy atom. The molecule has 3 aliphatic rings. The Morgan fingerprint density at radius 3 is 2.41 bits per heavy atom. The molecule has 0 N–H and O–H groups in total. The molecule has 2 atom stereocenters. The average Bonchev–Trinajstić information content (AvgIpc) is 2.88. The van der Waals surface area contributed by atoms with Crippen molar-refractivity contribution in [2.45, 2.75) is 44.4 Å². The zero-order chi connectivity index (χ0) is 23.5. The summed E-state index contributed by atoms with van der Waals surface area (Å²) in [5, 5.41) is 6.46. The number of hydrazone groups is 1. The largest absolute Gasteiger partial charge is 0.301 e. The van der Waals surface area contributed by atoms with Gasteiger partial charge in [-0.2, -0.15) is 5.10 Å². The molecule has 34 heavy (non-hydrogen) atoms. The van der Waals surface area contributed by atoms with Crippen molar-refractivity contribution >= 4 is 17.4 Å². The summed E-state index contributed by atoms with van der Waals surface area (Å²) < 4.78 is 13.1. The van der Waals surface area contributed by atoms with Crippen molar-refractivity contribution in [2.24, 2.45) is 16.9 Å². The molecule has 2 aromatic carbocycles. The highest BCUT2D eigenvalue weighted by Gasteiger charge is 2.35. The van der Waals surface area contributed by atoms with Gasteiger partial charge in [0.05, 0.1) is 6.54 Å². The van der Waals surface area contributed by atoms with Gasteiger partial charge in [-0.15, -0.1) is 0 Å². The Bertz CT molecular complexity index is 1050. The fraction of sp³-hybridized carbons (Fsp3) is 0.464. The summed E-state index contributed by atoms with van der Waals surface area (Å²) in [4.78, 5) is 27.8. The van der Waals surface area contributed by atoms with E-state index in [-0.39, 0.29) is 29.3 Å². The zero-order valence-electron chi connectivity index (χ0n) is 19.5. The van der Waals surface area contributed by atoms with E-state index in [0.717, 1.165) is 51.7 Å². The number of rotatable bonds is 6. The monoisotopic (exact) mass is 461 g/mol. The number of ketones is 1. The number of hydrogen-bond donors (Lipinski definition) is 0. The zero-order valence-corrected chi connectivity index (χ0v) is 19.5. The number of carbonyl (C=O) groups excluding carboxylic acids is 2. The molecule has 5 nitrogen and oxygen atoms in total. The van der Waals surface area contributed by atoms with E-state index in [4.69, 9.17) is 5.10 Å². The molecule has 178 valence electrons. The molecular weight excluding hydrogens is 429 g/mol. The third-order valence-electron chi connectivity index (χ3n) is 7.73. The van der Waals surface area contributed by atoms with E-state index in [1.54, 1.807) is 17.1 Å². The minimum absolute atomic E-state index is 0.0147. The molecule has 1 aliphatic carbocycles. The normalized spacial score (nSPS) is 24.0. The van der Waals surface area contributed by atoms with Crippen LogP contribution in [-0.2, 0) is 4.79 Å². The van der Waals surface area contributed by atoms with Gasteiger partial charge in [-0.05, 0) is 80.9 Å². The highest BCUT2D eigenvalue weighted by Crippen LogP contribution is 2.38. The first-order valence-electron chi connectivity index (χ1n) is 12.5. The van der Waals surface area contributed by atoms with Crippen LogP contribution in [0.25, 0.3) is 0 Å². The van der Waals surface area contributed by atoms with Gasteiger partial charge in [0.1, 0.15) is 5.82 Å². The lowest BCUT2D eigenvalue weighted by molar-refractivity contribution is -0.133. The number of nitrogens with zero attached hydrogens (tertiary/aromatic N) is 3. The highest BCUT2D eigenvalue weighted by atomic mass is 19.1. The summed E-state index contributed by atoms with van der Waals surface area (Å²) in [5.41, 5.74) is 3.15. The van der Waals surface area contributed by atoms with E-state index in [0.29, 0.717) is 24.4 Å². The van der Waals surface area contributed by atoms with Gasteiger partial charge in [-0.1, -0.05) is 30.3 Å². The Morgan fingerprint density at radius 1 is 0.941 bits per heavy atom. The quantitative estimate of drug-likeness (QED) is 0.576. The Balaban J connectivity index is 1.11. The van der Waals surface area contributed by atoms with Crippen LogP contribution in [0.2, 0.25) is 0 Å². The lowest BCUT2D eigenvalue weighted by Gasteiger charge is -2.37. The number of Topliss-reactive ketones (excluding diaryl/α,β-unsaturated/α-hetero) is 1. The van der Waals surface area contributed by atoms with E-state index in [1.165, 1.54) is 23.4 Å². The molecule has 1 saturated heterocycles. The predicted molar refractivity (Wildman–Crippen MR) is 130 cm³/mol. The van der Waals surface area contributed by atoms with Crippen molar-refractivity contribution in [1.82, 2.24) is 9.91 Å². The van der Waals surface area contributed by atoms with Crippen molar-refractivity contribution in [3.63, 3.8) is 0 Å². The van der Waals surface area contributed by atoms with Crippen molar-refractivity contribution < 1.29 is 14.0 Å². The first kappa shape index (κ1) is 22.9. The fourth-order valence-electron chi connectivity index (χ4n) is 5.69. The SMILES string of the molecule is O=C(c1ccc(F)cc1)C1CCN(CCN2N=C3CCC(c4ccccc4)CC3CC2=O)CC1. The van der Waals surface area contributed by atoms with E-state index in [2.05, 4.69) is 29.2 Å². The second-order valence-electron chi connectivity index (χ2n) is 9.88. The first-order valence-corrected chi connectivity index (χ1v) is 12.5. The molecule has 1 saturated carbocycles. The van der Waals surface area contributed by atoms with Crippen LogP contribution in [0, 0.1) is 17.7 Å². The van der Waals surface area contributed by atoms with Gasteiger partial charge < -0.3 is 4.90 Å². The van der Waals surface area contributed by atoms with Crippen LogP contribution in [0.5, 0.6) is 0 Å². The number of likely N-dealkylation sites (tertiary alicyclic amines) is 1. The van der Waals surface area contributed by atoms with Crippen molar-refractivity contribution in [1.29, 1.82) is 0 Å². The maximum atomic E-state index is 13.1. The molecule has 5 rings (SSSR count). The molecule has 2 fully saturated rings. The topological polar surface area (TPSA) is 53.0 Å². The first-order chi connectivity index (χ1) is 16.6. The van der Waals surface area contributed by atoms with Crippen LogP contribution in [0.15, 0.2) is 59.7 Å². The van der Waals surface area contributed by atoms with Crippen molar-refractivity contribution in [2.75, 3.05) is 26.2 Å². The fourth-order valence-corrected chi connectivity index (χ4v) is 5.69. The van der Waals surface area contributed by atoms with Crippen LogP contribution in [0.3, 0.4) is 0 Å². The molecule has 1 amide bonds. The lowest BCUT2D eigenvalue weighted by atomic mass is 9.75. The molecule has 2 heterocycles.